The van der Waals surface area contributed by atoms with Gasteiger partial charge in [-0.15, -0.1) is 0 Å². The van der Waals surface area contributed by atoms with Gasteiger partial charge in [-0.1, -0.05) is 18.9 Å². The van der Waals surface area contributed by atoms with Crippen molar-refractivity contribution in [1.82, 2.24) is 14.1 Å². The maximum absolute atomic E-state index is 13.1. The number of nitrogens with zero attached hydrogens (tertiary/aromatic N) is 3. The fraction of sp³-hybridized carbons (Fsp3) is 0.650. The van der Waals surface area contributed by atoms with E-state index in [2.05, 4.69) is 4.90 Å². The molecule has 2 fully saturated rings. The maximum atomic E-state index is 13.1. The fourth-order valence-corrected chi connectivity index (χ4v) is 5.50. The molecule has 7 nitrogen and oxygen atoms in total. The Morgan fingerprint density at radius 2 is 1.79 bits per heavy atom. The second kappa shape index (κ2) is 8.49. The topological polar surface area (TPSA) is 81.2 Å². The lowest BCUT2D eigenvalue weighted by Crippen LogP contribution is -2.47. The lowest BCUT2D eigenvalue weighted by atomic mass is 9.91. The summed E-state index contributed by atoms with van der Waals surface area (Å²) in [6.07, 6.45) is 2.88. The molecule has 1 saturated heterocycles. The van der Waals surface area contributed by atoms with Gasteiger partial charge in [-0.25, -0.2) is 8.42 Å². The van der Waals surface area contributed by atoms with Gasteiger partial charge in [0.25, 0.3) is 5.91 Å². The van der Waals surface area contributed by atoms with Gasteiger partial charge in [0.1, 0.15) is 0 Å². The number of amides is 1. The molecule has 1 amide bonds. The zero-order chi connectivity index (χ0) is 20.5. The molecule has 2 atom stereocenters. The summed E-state index contributed by atoms with van der Waals surface area (Å²) in [6.45, 7) is 4.09. The average molecular weight is 410 g/mol. The molecule has 0 unspecified atom stereocenters. The second-order valence-electron chi connectivity index (χ2n) is 8.02. The normalized spacial score (nSPS) is 24.9. The van der Waals surface area contributed by atoms with Crippen molar-refractivity contribution in [2.24, 2.45) is 0 Å². The lowest BCUT2D eigenvalue weighted by Gasteiger charge is -2.35. The van der Waals surface area contributed by atoms with Crippen LogP contribution in [0.4, 0.5) is 0 Å². The van der Waals surface area contributed by atoms with Crippen molar-refractivity contribution >= 4 is 15.9 Å². The van der Waals surface area contributed by atoms with Crippen LogP contribution in [0.25, 0.3) is 0 Å². The van der Waals surface area contributed by atoms with Crippen LogP contribution in [0.3, 0.4) is 0 Å². The monoisotopic (exact) mass is 409 g/mol. The van der Waals surface area contributed by atoms with E-state index in [9.17, 15) is 18.3 Å². The Labute approximate surface area is 168 Å². The largest absolute Gasteiger partial charge is 0.391 e. The Hall–Kier alpha value is -1.48. The molecular formula is C20H31N3O4S. The molecule has 1 N–H and O–H groups in total. The zero-order valence-corrected chi connectivity index (χ0v) is 17.8. The third kappa shape index (κ3) is 4.25. The number of likely N-dealkylation sites (N-methyl/N-ethyl adjacent to an activating group) is 2. The Kier molecular flexibility index (Phi) is 6.44. The minimum Gasteiger partial charge on any atom is -0.391 e. The van der Waals surface area contributed by atoms with Gasteiger partial charge in [-0.2, -0.15) is 4.31 Å². The molecule has 8 heteroatoms. The molecule has 0 bridgehead atoms. The van der Waals surface area contributed by atoms with Gasteiger partial charge in [0.2, 0.25) is 10.0 Å². The van der Waals surface area contributed by atoms with Gasteiger partial charge in [0.05, 0.1) is 17.0 Å². The number of hydrogen-bond donors (Lipinski definition) is 1. The number of sulfonamides is 1. The zero-order valence-electron chi connectivity index (χ0n) is 17.0. The summed E-state index contributed by atoms with van der Waals surface area (Å²) in [4.78, 5) is 16.9. The first-order valence-electron chi connectivity index (χ1n) is 9.96. The Bertz CT molecular complexity index is 819. The van der Waals surface area contributed by atoms with E-state index in [-0.39, 0.29) is 16.8 Å². The van der Waals surface area contributed by atoms with Crippen LogP contribution in [0.5, 0.6) is 0 Å². The highest BCUT2D eigenvalue weighted by Crippen LogP contribution is 2.26. The van der Waals surface area contributed by atoms with Crippen LogP contribution in [-0.2, 0) is 10.0 Å². The average Bonchev–Trinajstić information content (AvgIpc) is 2.68. The van der Waals surface area contributed by atoms with E-state index in [1.165, 1.54) is 10.4 Å². The molecule has 1 aliphatic heterocycles. The van der Waals surface area contributed by atoms with Gasteiger partial charge >= 0.3 is 0 Å². The molecule has 156 valence electrons. The van der Waals surface area contributed by atoms with E-state index in [0.29, 0.717) is 38.2 Å². The highest BCUT2D eigenvalue weighted by Gasteiger charge is 2.32. The molecule has 1 aromatic rings. The number of carbonyl (C=O) groups is 1. The van der Waals surface area contributed by atoms with Crippen molar-refractivity contribution in [2.75, 3.05) is 40.3 Å². The smallest absolute Gasteiger partial charge is 0.254 e. The molecular weight excluding hydrogens is 378 g/mol. The van der Waals surface area contributed by atoms with Gasteiger partial charge in [0, 0.05) is 38.8 Å². The van der Waals surface area contributed by atoms with E-state index >= 15 is 0 Å². The summed E-state index contributed by atoms with van der Waals surface area (Å²) < 4.78 is 27.6. The van der Waals surface area contributed by atoms with E-state index in [0.717, 1.165) is 24.8 Å². The number of aliphatic hydroxyl groups excluding tert-OH is 1. The first-order valence-corrected chi connectivity index (χ1v) is 11.4. The van der Waals surface area contributed by atoms with E-state index in [1.807, 2.05) is 14.0 Å². The molecule has 1 saturated carbocycles. The van der Waals surface area contributed by atoms with Crippen molar-refractivity contribution in [3.63, 3.8) is 0 Å². The second-order valence-corrected chi connectivity index (χ2v) is 9.96. The summed E-state index contributed by atoms with van der Waals surface area (Å²) in [7, 11) is 0.0384. The van der Waals surface area contributed by atoms with Crippen LogP contribution >= 0.6 is 0 Å². The van der Waals surface area contributed by atoms with Crippen LogP contribution < -0.4 is 0 Å². The highest BCUT2D eigenvalue weighted by molar-refractivity contribution is 7.89. The first-order chi connectivity index (χ1) is 13.2. The van der Waals surface area contributed by atoms with Crippen molar-refractivity contribution in [3.8, 4) is 0 Å². The molecule has 3 rings (SSSR count). The number of hydrogen-bond acceptors (Lipinski definition) is 5. The van der Waals surface area contributed by atoms with Crippen molar-refractivity contribution in [2.45, 2.75) is 49.6 Å². The van der Waals surface area contributed by atoms with Gasteiger partial charge < -0.3 is 14.9 Å². The number of aryl methyl sites for hydroxylation is 1. The van der Waals surface area contributed by atoms with E-state index < -0.39 is 16.1 Å². The highest BCUT2D eigenvalue weighted by atomic mass is 32.2. The number of rotatable bonds is 4. The van der Waals surface area contributed by atoms with Gasteiger partial charge in [-0.3, -0.25) is 4.79 Å². The van der Waals surface area contributed by atoms with Gasteiger partial charge in [0.15, 0.2) is 0 Å². The molecule has 1 aliphatic carbocycles. The summed E-state index contributed by atoms with van der Waals surface area (Å²) in [5, 5.41) is 10.3. The van der Waals surface area contributed by atoms with E-state index in [1.54, 1.807) is 24.1 Å². The van der Waals surface area contributed by atoms with Crippen LogP contribution in [-0.4, -0.2) is 86.0 Å². The first kappa shape index (κ1) is 21.2. The number of piperazine rings is 1. The maximum Gasteiger partial charge on any atom is 0.254 e. The Morgan fingerprint density at radius 3 is 2.43 bits per heavy atom. The fourth-order valence-electron chi connectivity index (χ4n) is 4.05. The number of benzene rings is 1. The predicted octanol–water partition coefficient (Wildman–Crippen LogP) is 1.31. The quantitative estimate of drug-likeness (QED) is 0.811. The minimum absolute atomic E-state index is 0.156. The van der Waals surface area contributed by atoms with Crippen LogP contribution in [0.15, 0.2) is 23.1 Å². The third-order valence-corrected chi connectivity index (χ3v) is 7.95. The Balaban J connectivity index is 1.85. The summed E-state index contributed by atoms with van der Waals surface area (Å²) in [5.74, 6) is -0.237. The molecule has 1 heterocycles. The summed E-state index contributed by atoms with van der Waals surface area (Å²) in [6, 6.07) is 4.55. The van der Waals surface area contributed by atoms with Crippen molar-refractivity contribution in [1.29, 1.82) is 0 Å². The van der Waals surface area contributed by atoms with Crippen molar-refractivity contribution < 1.29 is 18.3 Å². The number of carbonyl (C=O) groups excluding carboxylic acids is 1. The lowest BCUT2D eigenvalue weighted by molar-refractivity contribution is 0.0267. The van der Waals surface area contributed by atoms with Crippen LogP contribution in [0.1, 0.15) is 41.6 Å². The van der Waals surface area contributed by atoms with Crippen LogP contribution in [0.2, 0.25) is 0 Å². The van der Waals surface area contributed by atoms with Gasteiger partial charge in [-0.05, 0) is 44.5 Å². The SMILES string of the molecule is Cc1ccc(S(=O)(=O)N2CCN(C)CC2)cc1C(=O)N(C)[C@@H]1CCCC[C@H]1O. The summed E-state index contributed by atoms with van der Waals surface area (Å²) >= 11 is 0. The molecule has 2 aliphatic rings. The standard InChI is InChI=1S/C20H31N3O4S/c1-15-8-9-16(28(26,27)23-12-10-21(2)11-13-23)14-17(15)20(25)22(3)18-6-4-5-7-19(18)24/h8-9,14,18-19,24H,4-7,10-13H2,1-3H3/t18-,19-/m1/s1. The van der Waals surface area contributed by atoms with E-state index in [4.69, 9.17) is 0 Å². The van der Waals surface area contributed by atoms with Crippen LogP contribution in [0, 0.1) is 6.92 Å². The predicted molar refractivity (Wildman–Crippen MR) is 108 cm³/mol. The number of aliphatic hydroxyl groups is 1. The molecule has 28 heavy (non-hydrogen) atoms. The Morgan fingerprint density at radius 1 is 1.14 bits per heavy atom. The minimum atomic E-state index is -3.63. The molecule has 0 aromatic heterocycles. The molecule has 1 aromatic carbocycles. The summed E-state index contributed by atoms with van der Waals surface area (Å²) in [5.41, 5.74) is 1.12. The molecule has 0 radical (unpaired) electrons. The van der Waals surface area contributed by atoms with Crippen molar-refractivity contribution in [3.05, 3.63) is 29.3 Å². The molecule has 0 spiro atoms. The third-order valence-electron chi connectivity index (χ3n) is 6.05.